The van der Waals surface area contributed by atoms with Gasteiger partial charge < -0.3 is 9.47 Å². The van der Waals surface area contributed by atoms with E-state index in [1.165, 1.54) is 16.7 Å². The molecule has 12 heteroatoms. The Kier molecular flexibility index (Phi) is 16.3. The fraction of sp³-hybridized carbons (Fsp3) is 0.242. The second-order valence-corrected chi connectivity index (χ2v) is 19.8. The molecule has 11 nitrogen and oxygen atoms in total. The summed E-state index contributed by atoms with van der Waals surface area (Å²) in [5.74, 6) is 1.11. The van der Waals surface area contributed by atoms with Gasteiger partial charge in [0.15, 0.2) is 11.6 Å². The number of hydrogen-bond donors (Lipinski definition) is 2. The molecular weight excluding hydrogens is 991 g/mol. The first-order valence-electron chi connectivity index (χ1n) is 25.1. The molecule has 1 amide bonds. The first kappa shape index (κ1) is 51.2. The van der Waals surface area contributed by atoms with Crippen molar-refractivity contribution in [3.63, 3.8) is 0 Å². The summed E-state index contributed by atoms with van der Waals surface area (Å²) < 4.78 is 11.6. The van der Waals surface area contributed by atoms with Crippen molar-refractivity contribution in [2.75, 3.05) is 13.2 Å². The van der Waals surface area contributed by atoms with Crippen molar-refractivity contribution in [1.29, 1.82) is 0 Å². The zero-order chi connectivity index (χ0) is 51.7. The van der Waals surface area contributed by atoms with Crippen molar-refractivity contribution in [3.8, 4) is 22.8 Å². The highest BCUT2D eigenvalue weighted by molar-refractivity contribution is 9.10. The van der Waals surface area contributed by atoms with Crippen LogP contribution in [-0.2, 0) is 23.9 Å². The van der Waals surface area contributed by atoms with Crippen LogP contribution >= 0.6 is 15.9 Å². The zero-order valence-corrected chi connectivity index (χ0v) is 43.2. The molecule has 0 radical (unpaired) electrons. The van der Waals surface area contributed by atoms with Crippen LogP contribution in [-0.4, -0.2) is 56.2 Å². The molecule has 9 atom stereocenters. The molecule has 8 aromatic rings. The van der Waals surface area contributed by atoms with Gasteiger partial charge in [0.25, 0.3) is 0 Å². The van der Waals surface area contributed by atoms with Crippen molar-refractivity contribution >= 4 is 33.8 Å². The summed E-state index contributed by atoms with van der Waals surface area (Å²) in [4.78, 5) is 54.5. The van der Waals surface area contributed by atoms with Crippen LogP contribution in [0.3, 0.4) is 0 Å². The van der Waals surface area contributed by atoms with E-state index in [1.54, 1.807) is 12.4 Å². The van der Waals surface area contributed by atoms with E-state index in [9.17, 15) is 14.4 Å². The number of nitrogens with one attached hydrogen (secondary N) is 1. The fourth-order valence-corrected chi connectivity index (χ4v) is 10.9. The largest absolute Gasteiger partial charge is 0.466 e. The van der Waals surface area contributed by atoms with Crippen LogP contribution in [0.15, 0.2) is 193 Å². The van der Waals surface area contributed by atoms with E-state index in [1.807, 2.05) is 161 Å². The molecule has 2 aromatic heterocycles. The van der Waals surface area contributed by atoms with Crippen LogP contribution in [0.5, 0.6) is 0 Å². The SMILES string of the molecule is CCOC(=O)[C@@H]1[C@H](c2ccccc2)[C@H]1c1cccc(-c2ncc(C)cn2)c1.CCOC(=O)[C@@H]1[C@H](c2ccccc2)[C@H]1c1cccc(Br)c1.Cc1cnc(-c2cccc([C@H]3[C@H](C(=O)NO)[C@@H]3c3ccccc3)c2)nc1. The van der Waals surface area contributed by atoms with Crippen LogP contribution in [0.2, 0.25) is 0 Å². The Balaban J connectivity index is 0.000000137. The molecule has 0 unspecified atom stereocenters. The molecule has 3 aliphatic carbocycles. The van der Waals surface area contributed by atoms with E-state index in [-0.39, 0.29) is 71.1 Å². The number of rotatable bonds is 13. The number of nitrogens with zero attached hydrogens (tertiary/aromatic N) is 4. The normalized spacial score (nSPS) is 21.8. The molecule has 2 heterocycles. The number of amides is 1. The van der Waals surface area contributed by atoms with E-state index in [2.05, 4.69) is 84.4 Å². The lowest BCUT2D eigenvalue weighted by Crippen LogP contribution is -2.21. The molecule has 0 spiro atoms. The Morgan fingerprint density at radius 2 is 0.784 bits per heavy atom. The molecule has 2 N–H and O–H groups in total. The minimum atomic E-state index is -0.346. The third-order valence-electron chi connectivity index (χ3n) is 14.0. The van der Waals surface area contributed by atoms with E-state index in [0.29, 0.717) is 24.9 Å². The molecule has 11 rings (SSSR count). The molecule has 3 saturated carbocycles. The summed E-state index contributed by atoms with van der Waals surface area (Å²) in [6.45, 7) is 8.46. The van der Waals surface area contributed by atoms with E-state index in [4.69, 9.17) is 14.7 Å². The maximum atomic E-state index is 12.5. The van der Waals surface area contributed by atoms with Gasteiger partial charge in [-0.2, -0.15) is 0 Å². The van der Waals surface area contributed by atoms with Gasteiger partial charge in [-0.05, 0) is 96.5 Å². The highest BCUT2D eigenvalue weighted by Gasteiger charge is 2.58. The van der Waals surface area contributed by atoms with Crippen molar-refractivity contribution in [2.45, 2.75) is 63.2 Å². The number of carbonyl (C=O) groups is 3. The van der Waals surface area contributed by atoms with Gasteiger partial charge in [-0.1, -0.05) is 155 Å². The number of benzene rings is 6. The number of ether oxygens (including phenoxy) is 2. The Morgan fingerprint density at radius 3 is 1.15 bits per heavy atom. The van der Waals surface area contributed by atoms with Crippen LogP contribution in [0.1, 0.15) is 93.9 Å². The lowest BCUT2D eigenvalue weighted by atomic mass is 10.0. The lowest BCUT2D eigenvalue weighted by molar-refractivity contribution is -0.145. The average molecular weight is 1050 g/mol. The second-order valence-electron chi connectivity index (χ2n) is 18.9. The summed E-state index contributed by atoms with van der Waals surface area (Å²) in [6, 6.07) is 54.8. The number of aromatic nitrogens is 4. The molecule has 0 bridgehead atoms. The predicted molar refractivity (Wildman–Crippen MR) is 288 cm³/mol. The molecule has 0 saturated heterocycles. The molecule has 3 fully saturated rings. The molecular formula is C62H58BrN5O6. The number of halogens is 1. The maximum Gasteiger partial charge on any atom is 0.310 e. The summed E-state index contributed by atoms with van der Waals surface area (Å²) >= 11 is 3.51. The topological polar surface area (TPSA) is 153 Å². The van der Waals surface area contributed by atoms with Crippen LogP contribution < -0.4 is 5.48 Å². The Hall–Kier alpha value is -7.67. The third kappa shape index (κ3) is 11.7. The van der Waals surface area contributed by atoms with E-state index >= 15 is 0 Å². The predicted octanol–water partition coefficient (Wildman–Crippen LogP) is 12.5. The maximum absolute atomic E-state index is 12.5. The summed E-state index contributed by atoms with van der Waals surface area (Å²) in [6.07, 6.45) is 7.22. The molecule has 374 valence electrons. The lowest BCUT2D eigenvalue weighted by Gasteiger charge is -2.05. The number of hydroxylamine groups is 1. The second kappa shape index (κ2) is 23.5. The highest BCUT2D eigenvalue weighted by atomic mass is 79.9. The van der Waals surface area contributed by atoms with Crippen LogP contribution in [0.25, 0.3) is 22.8 Å². The Morgan fingerprint density at radius 1 is 0.459 bits per heavy atom. The van der Waals surface area contributed by atoms with Crippen molar-refractivity contribution in [3.05, 3.63) is 238 Å². The number of carbonyl (C=O) groups excluding carboxylic acids is 3. The zero-order valence-electron chi connectivity index (χ0n) is 41.7. The standard InChI is InChI=1S/C23H22N2O2.C21H19N3O2.C18H17BrO2/c1-3-27-23(26)21-19(16-8-5-4-6-9-16)20(21)17-10-7-11-18(12-17)22-24-13-15(2)14-25-22;1-13-11-22-20(23-12-13)16-9-5-8-15(10-16)18-17(19(18)21(25)24-26)14-6-3-2-4-7-14;1-2-21-18(20)17-15(12-7-4-3-5-8-12)16(17)13-9-6-10-14(19)11-13/h4-14,19-21H,3H2,1-2H3;2-12,17-19,26H,1H3,(H,24,25);3-11,15-17H,2H2,1H3/t19-,20-,21-;17-,18-,19-;15-,16-,17-/m111/s1. The first-order valence-corrected chi connectivity index (χ1v) is 25.8. The van der Waals surface area contributed by atoms with Gasteiger partial charge in [0.05, 0.1) is 31.0 Å². The van der Waals surface area contributed by atoms with Crippen molar-refractivity contribution in [2.24, 2.45) is 17.8 Å². The van der Waals surface area contributed by atoms with E-state index in [0.717, 1.165) is 43.4 Å². The van der Waals surface area contributed by atoms with Gasteiger partial charge in [0, 0.05) is 75.9 Å². The minimum absolute atomic E-state index is 0.0231. The summed E-state index contributed by atoms with van der Waals surface area (Å²) in [7, 11) is 0. The molecule has 6 aromatic carbocycles. The highest BCUT2D eigenvalue weighted by Crippen LogP contribution is 2.63. The minimum Gasteiger partial charge on any atom is -0.466 e. The van der Waals surface area contributed by atoms with Gasteiger partial charge in [0.1, 0.15) is 0 Å². The van der Waals surface area contributed by atoms with Crippen molar-refractivity contribution < 1.29 is 29.1 Å². The molecule has 74 heavy (non-hydrogen) atoms. The quantitative estimate of drug-likeness (QED) is 0.0648. The monoisotopic (exact) mass is 1050 g/mol. The van der Waals surface area contributed by atoms with Crippen molar-refractivity contribution in [1.82, 2.24) is 25.4 Å². The number of hydrogen-bond acceptors (Lipinski definition) is 10. The number of aryl methyl sites for hydroxylation is 2. The molecule has 0 aliphatic heterocycles. The number of esters is 2. The summed E-state index contributed by atoms with van der Waals surface area (Å²) in [5, 5.41) is 9.11. The van der Waals surface area contributed by atoms with E-state index < -0.39 is 0 Å². The van der Waals surface area contributed by atoms with Gasteiger partial charge in [0.2, 0.25) is 5.91 Å². The summed E-state index contributed by atoms with van der Waals surface area (Å²) in [5.41, 5.74) is 12.6. The van der Waals surface area contributed by atoms with Crippen LogP contribution in [0.4, 0.5) is 0 Å². The molecule has 3 aliphatic rings. The average Bonchev–Trinajstić information content (AvgIpc) is 4.37. The van der Waals surface area contributed by atoms with Gasteiger partial charge in [-0.15, -0.1) is 0 Å². The fourth-order valence-electron chi connectivity index (χ4n) is 10.5. The van der Waals surface area contributed by atoms with Gasteiger partial charge in [-0.25, -0.2) is 25.4 Å². The van der Waals surface area contributed by atoms with Gasteiger partial charge in [-0.3, -0.25) is 19.6 Å². The van der Waals surface area contributed by atoms with Gasteiger partial charge >= 0.3 is 11.9 Å². The smallest absolute Gasteiger partial charge is 0.310 e. The Labute approximate surface area is 440 Å². The first-order chi connectivity index (χ1) is 36.1. The Bertz CT molecular complexity index is 3180. The third-order valence-corrected chi connectivity index (χ3v) is 14.5. The van der Waals surface area contributed by atoms with Crippen LogP contribution in [0, 0.1) is 31.6 Å².